The fourth-order valence-electron chi connectivity index (χ4n) is 6.04. The molecule has 2 aromatic heterocycles. The maximum atomic E-state index is 12.2. The second-order valence-corrected chi connectivity index (χ2v) is 13.9. The van der Waals surface area contributed by atoms with E-state index in [4.69, 9.17) is 14.4 Å². The topological polar surface area (TPSA) is 76.2 Å². The van der Waals surface area contributed by atoms with E-state index >= 15 is 0 Å². The second-order valence-electron chi connectivity index (χ2n) is 13.9. The van der Waals surface area contributed by atoms with E-state index in [1.807, 2.05) is 65.8 Å². The first kappa shape index (κ1) is 37.9. The maximum Gasteiger partial charge on any atom is 0.164 e. The van der Waals surface area contributed by atoms with Gasteiger partial charge in [0.05, 0.1) is 11.1 Å². The SMILES string of the molecule is CCC(C)(CC)C(=O)/C=C(\O)C(C)(CC)CC.Cc1ccc2ccc3c(-c4[c-]ccc5c4oc4ccccc45)nc(C(C)C)nc3c2c1.[Ir]. The summed E-state index contributed by atoms with van der Waals surface area (Å²) in [6.45, 7) is 18.5. The first-order valence-corrected chi connectivity index (χ1v) is 17.4. The van der Waals surface area contributed by atoms with Crippen molar-refractivity contribution in [2.45, 2.75) is 93.9 Å². The molecular weight excluding hydrogens is 785 g/mol. The van der Waals surface area contributed by atoms with E-state index in [1.54, 1.807) is 0 Å². The molecule has 6 heteroatoms. The van der Waals surface area contributed by atoms with Crippen LogP contribution in [-0.4, -0.2) is 20.9 Å². The Kier molecular flexibility index (Phi) is 11.9. The van der Waals surface area contributed by atoms with Crippen molar-refractivity contribution in [3.8, 4) is 11.3 Å². The summed E-state index contributed by atoms with van der Waals surface area (Å²) in [6.07, 6.45) is 4.75. The van der Waals surface area contributed by atoms with Crippen molar-refractivity contribution < 1.29 is 34.4 Å². The van der Waals surface area contributed by atoms with Crippen LogP contribution in [0.1, 0.15) is 98.4 Å². The number of furan rings is 1. The third-order valence-corrected chi connectivity index (χ3v) is 10.6. The van der Waals surface area contributed by atoms with Gasteiger partial charge in [0, 0.05) is 59.4 Å². The number of aryl methyl sites for hydroxylation is 1. The summed E-state index contributed by atoms with van der Waals surface area (Å²) in [5.41, 5.74) is 5.06. The van der Waals surface area contributed by atoms with Crippen LogP contribution in [0.2, 0.25) is 0 Å². The molecule has 0 atom stereocenters. The minimum atomic E-state index is -0.337. The number of carbonyl (C=O) groups excluding carboxylic acids is 1. The maximum absolute atomic E-state index is 12.2. The number of benzene rings is 4. The van der Waals surface area contributed by atoms with Gasteiger partial charge in [0.25, 0.3) is 0 Å². The number of rotatable bonds is 9. The van der Waals surface area contributed by atoms with E-state index in [0.29, 0.717) is 0 Å². The zero-order valence-electron chi connectivity index (χ0n) is 30.3. The van der Waals surface area contributed by atoms with Crippen LogP contribution in [0.15, 0.2) is 83.0 Å². The van der Waals surface area contributed by atoms with Crippen molar-refractivity contribution in [3.05, 3.63) is 96.0 Å². The van der Waals surface area contributed by atoms with E-state index < -0.39 is 0 Å². The molecule has 6 aromatic rings. The number of ketones is 1. The third-order valence-electron chi connectivity index (χ3n) is 10.6. The first-order chi connectivity index (χ1) is 22.9. The number of allylic oxidation sites excluding steroid dienone is 2. The summed E-state index contributed by atoms with van der Waals surface area (Å²) >= 11 is 0. The number of nitrogens with zero attached hydrogens (tertiary/aromatic N) is 2. The number of carbonyl (C=O) groups is 1. The molecule has 1 N–H and O–H groups in total. The van der Waals surface area contributed by atoms with Crippen molar-refractivity contribution in [2.24, 2.45) is 10.8 Å². The Morgan fingerprint density at radius 2 is 1.51 bits per heavy atom. The molecule has 0 saturated carbocycles. The van der Waals surface area contributed by atoms with E-state index in [1.165, 1.54) is 17.0 Å². The van der Waals surface area contributed by atoms with Crippen molar-refractivity contribution in [2.75, 3.05) is 0 Å². The van der Waals surface area contributed by atoms with Gasteiger partial charge in [-0.25, -0.2) is 4.98 Å². The summed E-state index contributed by atoms with van der Waals surface area (Å²) in [5.74, 6) is 1.32. The van der Waals surface area contributed by atoms with Gasteiger partial charge in [-0.05, 0) is 55.5 Å². The Labute approximate surface area is 304 Å². The largest absolute Gasteiger partial charge is 0.512 e. The molecular formula is C43H49IrN2O3-. The van der Waals surface area contributed by atoms with Gasteiger partial charge in [0.15, 0.2) is 5.78 Å². The van der Waals surface area contributed by atoms with Crippen molar-refractivity contribution in [3.63, 3.8) is 0 Å². The van der Waals surface area contributed by atoms with Crippen LogP contribution in [0.25, 0.3) is 54.9 Å². The minimum absolute atomic E-state index is 0. The van der Waals surface area contributed by atoms with Crippen LogP contribution in [0.3, 0.4) is 0 Å². The number of hydrogen-bond acceptors (Lipinski definition) is 5. The molecule has 0 amide bonds. The summed E-state index contributed by atoms with van der Waals surface area (Å²) in [6, 6.07) is 26.4. The monoisotopic (exact) mass is 834 g/mol. The van der Waals surface area contributed by atoms with Crippen molar-refractivity contribution in [1.29, 1.82) is 0 Å². The minimum Gasteiger partial charge on any atom is -0.512 e. The number of aromatic nitrogens is 2. The van der Waals surface area contributed by atoms with Gasteiger partial charge in [-0.2, -0.15) is 0 Å². The molecule has 5 nitrogen and oxygen atoms in total. The van der Waals surface area contributed by atoms with E-state index in [2.05, 4.69) is 69.3 Å². The predicted molar refractivity (Wildman–Crippen MR) is 201 cm³/mol. The smallest absolute Gasteiger partial charge is 0.164 e. The molecule has 0 bridgehead atoms. The Hall–Kier alpha value is -3.86. The standard InChI is InChI=1S/C28H21N2O.C15H28O2.Ir/c1-16(2)28-29-25(21-14-13-18-12-11-17(3)15-23(18)26(21)30-28)22-9-6-8-20-19-7-4-5-10-24(19)31-27(20)22;1-7-14(5,8-2)12(16)11-13(17)15(6,9-3)10-4;/h4-8,10-16H,1-3H3;11,16H,7-10H2,1-6H3;/q-1;;/b;12-11-;. The fraction of sp³-hybridized carbons (Fsp3) is 0.372. The van der Waals surface area contributed by atoms with Crippen LogP contribution in [0, 0.1) is 23.8 Å². The van der Waals surface area contributed by atoms with Gasteiger partial charge in [0.1, 0.15) is 17.2 Å². The van der Waals surface area contributed by atoms with Crippen LogP contribution >= 0.6 is 0 Å². The molecule has 0 aliphatic rings. The molecule has 0 spiro atoms. The quantitative estimate of drug-likeness (QED) is 0.0679. The summed E-state index contributed by atoms with van der Waals surface area (Å²) < 4.78 is 6.30. The van der Waals surface area contributed by atoms with Crippen molar-refractivity contribution >= 4 is 49.4 Å². The van der Waals surface area contributed by atoms with Crippen LogP contribution in [0.4, 0.5) is 0 Å². The van der Waals surface area contributed by atoms with Gasteiger partial charge >= 0.3 is 0 Å². The number of aliphatic hydroxyl groups is 1. The van der Waals surface area contributed by atoms with Gasteiger partial charge in [0.2, 0.25) is 0 Å². The first-order valence-electron chi connectivity index (χ1n) is 17.4. The second kappa shape index (κ2) is 15.4. The summed E-state index contributed by atoms with van der Waals surface area (Å²) in [4.78, 5) is 22.2. The van der Waals surface area contributed by atoms with Crippen molar-refractivity contribution in [1.82, 2.24) is 9.97 Å². The van der Waals surface area contributed by atoms with Crippen LogP contribution in [0.5, 0.6) is 0 Å². The molecule has 259 valence electrons. The predicted octanol–water partition coefficient (Wildman–Crippen LogP) is 12.2. The molecule has 2 heterocycles. The Balaban J connectivity index is 0.000000260. The Morgan fingerprint density at radius 3 is 2.16 bits per heavy atom. The number of aliphatic hydroxyl groups excluding tert-OH is 1. The molecule has 4 aromatic carbocycles. The number of fused-ring (bicyclic) bond motifs is 6. The molecule has 0 saturated heterocycles. The zero-order valence-corrected chi connectivity index (χ0v) is 32.7. The molecule has 49 heavy (non-hydrogen) atoms. The van der Waals surface area contributed by atoms with E-state index in [0.717, 1.165) is 81.0 Å². The van der Waals surface area contributed by atoms with Gasteiger partial charge < -0.3 is 9.52 Å². The molecule has 0 fully saturated rings. The molecule has 6 rings (SSSR count). The van der Waals surface area contributed by atoms with Crippen LogP contribution < -0.4 is 0 Å². The molecule has 0 unspecified atom stereocenters. The zero-order chi connectivity index (χ0) is 34.8. The average Bonchev–Trinajstić information content (AvgIpc) is 3.49. The molecule has 0 aliphatic heterocycles. The van der Waals surface area contributed by atoms with Gasteiger partial charge in [-0.1, -0.05) is 114 Å². The van der Waals surface area contributed by atoms with Gasteiger partial charge in [-0.15, -0.1) is 18.2 Å². The fourth-order valence-corrected chi connectivity index (χ4v) is 6.04. The van der Waals surface area contributed by atoms with Crippen LogP contribution in [-0.2, 0) is 24.9 Å². The Bertz CT molecular complexity index is 2130. The Morgan fingerprint density at radius 1 is 0.857 bits per heavy atom. The van der Waals surface area contributed by atoms with E-state index in [-0.39, 0.29) is 48.4 Å². The van der Waals surface area contributed by atoms with Gasteiger partial charge in [-0.3, -0.25) is 9.78 Å². The van der Waals surface area contributed by atoms with E-state index in [9.17, 15) is 9.90 Å². The number of para-hydroxylation sites is 1. The summed E-state index contributed by atoms with van der Waals surface area (Å²) in [7, 11) is 0. The molecule has 1 radical (unpaired) electrons. The summed E-state index contributed by atoms with van der Waals surface area (Å²) in [5, 5.41) is 15.7. The average molecular weight is 834 g/mol. The number of hydrogen-bond donors (Lipinski definition) is 1. The third kappa shape index (κ3) is 7.37. The molecule has 0 aliphatic carbocycles. The normalized spacial score (nSPS) is 12.4.